The molecule has 2 fully saturated rings. The summed E-state index contributed by atoms with van der Waals surface area (Å²) in [6, 6.07) is -0.829. The predicted octanol–water partition coefficient (Wildman–Crippen LogP) is 15.1. The van der Waals surface area contributed by atoms with Crippen molar-refractivity contribution in [2.75, 3.05) is 19.8 Å². The van der Waals surface area contributed by atoms with Gasteiger partial charge in [-0.25, -0.2) is 0 Å². The van der Waals surface area contributed by atoms with Gasteiger partial charge in [0.25, 0.3) is 0 Å². The molecule has 12 atom stereocenters. The number of aliphatic hydroxyl groups excluding tert-OH is 8. The highest BCUT2D eigenvalue weighted by Gasteiger charge is 2.51. The lowest BCUT2D eigenvalue weighted by Gasteiger charge is -2.46. The van der Waals surface area contributed by atoms with E-state index in [9.17, 15) is 45.6 Å². The van der Waals surface area contributed by atoms with Crippen LogP contribution in [0.2, 0.25) is 0 Å². The number of hydrogen-bond acceptors (Lipinski definition) is 13. The molecule has 0 saturated carbocycles. The Morgan fingerprint density at radius 3 is 1.22 bits per heavy atom. The standard InChI is InChI=1S/C73H135NO13/c1-3-5-7-9-11-13-15-17-19-21-23-25-26-27-28-29-30-31-32-33-34-35-36-37-39-41-43-45-47-49-51-53-55-57-65(78)74-61(62(77)56-54-52-50-48-46-44-42-40-38-24-22-20-18-16-14-12-10-8-6-4-2)60-84-72-70(83)68(81)71(64(59-76)86-72)87-73-69(82)67(80)66(79)63(58-75)85-73/h5,7,11,13,17,19,23,25,61-64,66-73,75-77,79-83H,3-4,6,8-10,12,14-16,18,20-22,24,26-60H2,1-2H3,(H,74,78)/b7-5-,13-11-,19-17-,25-23-. The van der Waals surface area contributed by atoms with Crippen LogP contribution in [0.1, 0.15) is 316 Å². The second-order valence-electron chi connectivity index (χ2n) is 25.7. The van der Waals surface area contributed by atoms with E-state index in [-0.39, 0.29) is 12.5 Å². The number of nitrogens with one attached hydrogen (secondary N) is 1. The van der Waals surface area contributed by atoms with Crippen LogP contribution < -0.4 is 5.32 Å². The first kappa shape index (κ1) is 81.0. The number of allylic oxidation sites excluding steroid dienone is 8. The number of ether oxygens (including phenoxy) is 4. The van der Waals surface area contributed by atoms with Crippen molar-refractivity contribution < 1.29 is 64.6 Å². The van der Waals surface area contributed by atoms with Gasteiger partial charge in [0, 0.05) is 6.42 Å². The smallest absolute Gasteiger partial charge is 0.220 e. The van der Waals surface area contributed by atoms with Gasteiger partial charge in [-0.3, -0.25) is 4.79 Å². The zero-order valence-electron chi connectivity index (χ0n) is 55.5. The molecule has 87 heavy (non-hydrogen) atoms. The third-order valence-electron chi connectivity index (χ3n) is 17.8. The molecule has 1 amide bonds. The van der Waals surface area contributed by atoms with Crippen molar-refractivity contribution in [3.63, 3.8) is 0 Å². The summed E-state index contributed by atoms with van der Waals surface area (Å²) >= 11 is 0. The third kappa shape index (κ3) is 41.9. The van der Waals surface area contributed by atoms with Gasteiger partial charge >= 0.3 is 0 Å². The quantitative estimate of drug-likeness (QED) is 0.0204. The normalized spacial score (nSPS) is 23.5. The molecule has 0 aromatic carbocycles. The van der Waals surface area contributed by atoms with Gasteiger partial charge in [0.1, 0.15) is 48.8 Å². The zero-order chi connectivity index (χ0) is 63.1. The lowest BCUT2D eigenvalue weighted by Crippen LogP contribution is -2.65. The van der Waals surface area contributed by atoms with Crippen molar-refractivity contribution in [1.29, 1.82) is 0 Å². The zero-order valence-corrected chi connectivity index (χ0v) is 55.5. The van der Waals surface area contributed by atoms with Crippen LogP contribution in [0.5, 0.6) is 0 Å². The van der Waals surface area contributed by atoms with Crippen LogP contribution in [0.15, 0.2) is 48.6 Å². The minimum absolute atomic E-state index is 0.201. The van der Waals surface area contributed by atoms with Crippen LogP contribution in [0.4, 0.5) is 0 Å². The number of amides is 1. The maximum atomic E-state index is 13.4. The molecule has 9 N–H and O–H groups in total. The molecule has 2 aliphatic heterocycles. The topological polar surface area (TPSA) is 228 Å². The number of carbonyl (C=O) groups is 1. The minimum Gasteiger partial charge on any atom is -0.394 e. The fourth-order valence-corrected chi connectivity index (χ4v) is 12.1. The summed E-state index contributed by atoms with van der Waals surface area (Å²) in [7, 11) is 0. The monoisotopic (exact) mass is 1230 g/mol. The first-order valence-corrected chi connectivity index (χ1v) is 36.4. The van der Waals surface area contributed by atoms with Gasteiger partial charge in [-0.1, -0.05) is 306 Å². The molecule has 14 nitrogen and oxygen atoms in total. The molecule has 510 valence electrons. The average Bonchev–Trinajstić information content (AvgIpc) is 2.59. The molecule has 2 heterocycles. The van der Waals surface area contributed by atoms with Crippen molar-refractivity contribution in [2.24, 2.45) is 0 Å². The molecule has 0 aliphatic carbocycles. The molecule has 2 saturated heterocycles. The van der Waals surface area contributed by atoms with Crippen LogP contribution in [0.3, 0.4) is 0 Å². The summed E-state index contributed by atoms with van der Waals surface area (Å²) in [6.07, 6.45) is 58.4. The molecular formula is C73H135NO13. The van der Waals surface area contributed by atoms with Crippen LogP contribution in [-0.2, 0) is 23.7 Å². The van der Waals surface area contributed by atoms with Crippen LogP contribution in [0.25, 0.3) is 0 Å². The van der Waals surface area contributed by atoms with E-state index in [4.69, 9.17) is 18.9 Å². The molecule has 0 bridgehead atoms. The molecule has 14 heteroatoms. The lowest BCUT2D eigenvalue weighted by atomic mass is 9.97. The fourth-order valence-electron chi connectivity index (χ4n) is 12.1. The summed E-state index contributed by atoms with van der Waals surface area (Å²) in [6.45, 7) is 2.80. The van der Waals surface area contributed by atoms with Crippen molar-refractivity contribution in [3.05, 3.63) is 48.6 Å². The van der Waals surface area contributed by atoms with Gasteiger partial charge < -0.3 is 65.1 Å². The largest absolute Gasteiger partial charge is 0.394 e. The van der Waals surface area contributed by atoms with Crippen molar-refractivity contribution >= 4 is 5.91 Å². The second-order valence-corrected chi connectivity index (χ2v) is 25.7. The Labute approximate surface area is 531 Å². The molecule has 2 rings (SSSR count). The van der Waals surface area contributed by atoms with E-state index >= 15 is 0 Å². The molecule has 12 unspecified atom stereocenters. The van der Waals surface area contributed by atoms with Crippen LogP contribution >= 0.6 is 0 Å². The Kier molecular flexibility index (Phi) is 53.9. The van der Waals surface area contributed by atoms with E-state index in [1.165, 1.54) is 212 Å². The number of aliphatic hydroxyl groups is 8. The summed E-state index contributed by atoms with van der Waals surface area (Å²) in [5.41, 5.74) is 0. The van der Waals surface area contributed by atoms with Crippen molar-refractivity contribution in [2.45, 2.75) is 389 Å². The summed E-state index contributed by atoms with van der Waals surface area (Å²) in [5, 5.41) is 87.7. The van der Waals surface area contributed by atoms with Crippen LogP contribution in [-0.4, -0.2) is 140 Å². The number of rotatable bonds is 60. The molecule has 0 aromatic rings. The van der Waals surface area contributed by atoms with Gasteiger partial charge in [-0.05, 0) is 51.4 Å². The predicted molar refractivity (Wildman–Crippen MR) is 355 cm³/mol. The Bertz CT molecular complexity index is 1640. The molecular weight excluding hydrogens is 1100 g/mol. The van der Waals surface area contributed by atoms with Gasteiger partial charge in [0.2, 0.25) is 5.91 Å². The van der Waals surface area contributed by atoms with Gasteiger partial charge in [0.05, 0.1) is 32.0 Å². The molecule has 0 spiro atoms. The first-order chi connectivity index (χ1) is 42.6. The van der Waals surface area contributed by atoms with Gasteiger partial charge in [-0.2, -0.15) is 0 Å². The number of carbonyl (C=O) groups excluding carboxylic acids is 1. The summed E-state index contributed by atoms with van der Waals surface area (Å²) < 4.78 is 22.9. The summed E-state index contributed by atoms with van der Waals surface area (Å²) in [4.78, 5) is 13.4. The highest BCUT2D eigenvalue weighted by atomic mass is 16.7. The van der Waals surface area contributed by atoms with Crippen molar-refractivity contribution in [3.8, 4) is 0 Å². The number of unbranched alkanes of at least 4 members (excludes halogenated alkanes) is 39. The molecule has 0 aromatic heterocycles. The van der Waals surface area contributed by atoms with E-state index in [0.717, 1.165) is 77.0 Å². The SMILES string of the molecule is CC/C=C\C/C=C\C/C=C\C/C=C\CCCCCCCCCCCCCCCCCCCCCCC(=O)NC(COC1OC(CO)C(OC2OC(CO)C(O)C(O)C2O)C(O)C1O)C(O)CCCCCCCCCCCCCCCCCCCCCC. The van der Waals surface area contributed by atoms with Crippen LogP contribution in [0, 0.1) is 0 Å². The Morgan fingerprint density at radius 1 is 0.425 bits per heavy atom. The highest BCUT2D eigenvalue weighted by molar-refractivity contribution is 5.76. The fraction of sp³-hybridized carbons (Fsp3) is 0.877. The van der Waals surface area contributed by atoms with E-state index < -0.39 is 86.8 Å². The molecule has 2 aliphatic rings. The average molecular weight is 1230 g/mol. The third-order valence-corrected chi connectivity index (χ3v) is 17.8. The molecule has 0 radical (unpaired) electrons. The van der Waals surface area contributed by atoms with E-state index in [0.29, 0.717) is 12.8 Å². The van der Waals surface area contributed by atoms with E-state index in [2.05, 4.69) is 67.8 Å². The lowest BCUT2D eigenvalue weighted by molar-refractivity contribution is -0.359. The Hall–Kier alpha value is -2.05. The van der Waals surface area contributed by atoms with E-state index in [1.807, 2.05) is 0 Å². The van der Waals surface area contributed by atoms with Gasteiger partial charge in [-0.15, -0.1) is 0 Å². The highest BCUT2D eigenvalue weighted by Crippen LogP contribution is 2.30. The maximum absolute atomic E-state index is 13.4. The number of hydrogen-bond donors (Lipinski definition) is 9. The van der Waals surface area contributed by atoms with Gasteiger partial charge in [0.15, 0.2) is 12.6 Å². The second kappa shape index (κ2) is 57.8. The maximum Gasteiger partial charge on any atom is 0.220 e. The first-order valence-electron chi connectivity index (χ1n) is 36.4. The Morgan fingerprint density at radius 2 is 0.793 bits per heavy atom. The minimum atomic E-state index is -1.78. The van der Waals surface area contributed by atoms with E-state index in [1.54, 1.807) is 0 Å². The Balaban J connectivity index is 1.62. The van der Waals surface area contributed by atoms with Crippen molar-refractivity contribution in [1.82, 2.24) is 5.32 Å². The summed E-state index contributed by atoms with van der Waals surface area (Å²) in [5.74, 6) is -0.201.